The highest BCUT2D eigenvalue weighted by Crippen LogP contribution is 2.39. The predicted molar refractivity (Wildman–Crippen MR) is 107 cm³/mol. The van der Waals surface area contributed by atoms with Crippen molar-refractivity contribution in [2.45, 2.75) is 26.2 Å². The number of non-ortho nitro benzene ring substituents is 1. The molecule has 138 valence electrons. The number of anilines is 1. The number of fused-ring (bicyclic) bond motifs is 1. The van der Waals surface area contributed by atoms with Gasteiger partial charge in [0.1, 0.15) is 11.1 Å². The normalized spacial score (nSPS) is 15.3. The third-order valence-electron chi connectivity index (χ3n) is 4.40. The smallest absolute Gasteiger partial charge is 0.270 e. The number of nitro benzene ring substituents is 1. The lowest BCUT2D eigenvalue weighted by Gasteiger charge is -2.17. The lowest BCUT2D eigenvalue weighted by Crippen LogP contribution is -2.34. The number of thiocarbonyl (C=S) groups is 1. The van der Waals surface area contributed by atoms with Crippen LogP contribution in [0.1, 0.15) is 39.7 Å². The van der Waals surface area contributed by atoms with Gasteiger partial charge in [0.25, 0.3) is 11.6 Å². The summed E-state index contributed by atoms with van der Waals surface area (Å²) in [5.74, 6) is 0.0284. The number of thiophene rings is 1. The second-order valence-electron chi connectivity index (χ2n) is 6.38. The summed E-state index contributed by atoms with van der Waals surface area (Å²) < 4.78 is 0. The minimum absolute atomic E-state index is 0.0506. The average molecular weight is 400 g/mol. The molecule has 0 aliphatic heterocycles. The van der Waals surface area contributed by atoms with E-state index in [2.05, 4.69) is 23.6 Å². The molecule has 0 bridgehead atoms. The molecule has 7 nitrogen and oxygen atoms in total. The molecular weight excluding hydrogens is 384 g/mol. The minimum atomic E-state index is -0.566. The number of nitrogens with zero attached hydrogens (tertiary/aromatic N) is 2. The van der Waals surface area contributed by atoms with Crippen LogP contribution in [0.3, 0.4) is 0 Å². The molecule has 3 rings (SSSR count). The van der Waals surface area contributed by atoms with Gasteiger partial charge in [-0.05, 0) is 49.0 Å². The molecule has 1 aromatic heterocycles. The molecule has 0 radical (unpaired) electrons. The number of hydrogen-bond acceptors (Lipinski definition) is 6. The number of nitrogens with one attached hydrogen (secondary N) is 2. The van der Waals surface area contributed by atoms with Crippen molar-refractivity contribution in [1.82, 2.24) is 5.32 Å². The first kappa shape index (κ1) is 18.9. The van der Waals surface area contributed by atoms with Crippen LogP contribution < -0.4 is 10.6 Å². The van der Waals surface area contributed by atoms with Gasteiger partial charge in [-0.3, -0.25) is 20.2 Å². The number of benzene rings is 1. The zero-order chi connectivity index (χ0) is 19.6. The average Bonchev–Trinajstić information content (AvgIpc) is 2.97. The third-order valence-corrected chi connectivity index (χ3v) is 5.77. The van der Waals surface area contributed by atoms with Crippen molar-refractivity contribution in [3.05, 3.63) is 55.9 Å². The lowest BCUT2D eigenvalue weighted by molar-refractivity contribution is -0.384. The summed E-state index contributed by atoms with van der Waals surface area (Å²) in [4.78, 5) is 23.7. The fraction of sp³-hybridized carbons (Fsp3) is 0.278. The van der Waals surface area contributed by atoms with Crippen LogP contribution in [0.15, 0.2) is 24.3 Å². The summed E-state index contributed by atoms with van der Waals surface area (Å²) >= 11 is 6.67. The standard InChI is InChI=1S/C18H16N4O3S2/c1-10-5-6-13-14(9-19)17(27-15(13)7-10)21-18(26)20-16(23)11-3-2-4-12(8-11)22(24)25/h2-4,8,10H,5-7H2,1H3,(H2,20,21,23,26)/t10-/m1/s1. The van der Waals surface area contributed by atoms with E-state index >= 15 is 0 Å². The molecule has 1 aromatic carbocycles. The fourth-order valence-corrected chi connectivity index (χ4v) is 4.65. The van der Waals surface area contributed by atoms with Gasteiger partial charge in [0.15, 0.2) is 5.11 Å². The summed E-state index contributed by atoms with van der Waals surface area (Å²) in [6.45, 7) is 2.19. The molecule has 9 heteroatoms. The van der Waals surface area contributed by atoms with Crippen LogP contribution in [-0.2, 0) is 12.8 Å². The number of nitriles is 1. The molecule has 1 amide bonds. The van der Waals surface area contributed by atoms with Crippen LogP contribution in [0.5, 0.6) is 0 Å². The fourth-order valence-electron chi connectivity index (χ4n) is 3.03. The number of amides is 1. The SMILES string of the molecule is C[C@@H]1CCc2c(sc(NC(=S)NC(=O)c3cccc([N+](=O)[O-])c3)c2C#N)C1. The van der Waals surface area contributed by atoms with E-state index < -0.39 is 10.8 Å². The molecule has 27 heavy (non-hydrogen) atoms. The van der Waals surface area contributed by atoms with Crippen molar-refractivity contribution in [3.63, 3.8) is 0 Å². The van der Waals surface area contributed by atoms with Crippen molar-refractivity contribution in [3.8, 4) is 6.07 Å². The van der Waals surface area contributed by atoms with Gasteiger partial charge in [-0.2, -0.15) is 5.26 Å². The van der Waals surface area contributed by atoms with Crippen LogP contribution in [0.2, 0.25) is 0 Å². The lowest BCUT2D eigenvalue weighted by atomic mass is 9.89. The molecule has 1 aliphatic carbocycles. The molecule has 0 fully saturated rings. The van der Waals surface area contributed by atoms with Gasteiger partial charge in [0.05, 0.1) is 10.5 Å². The monoisotopic (exact) mass is 400 g/mol. The quantitative estimate of drug-likeness (QED) is 0.461. The Kier molecular flexibility index (Phi) is 5.48. The second kappa shape index (κ2) is 7.82. The molecule has 2 N–H and O–H groups in total. The highest BCUT2D eigenvalue weighted by molar-refractivity contribution is 7.80. The maximum atomic E-state index is 12.3. The summed E-state index contributed by atoms with van der Waals surface area (Å²) in [5, 5.41) is 26.5. The Labute approximate surface area is 165 Å². The van der Waals surface area contributed by atoms with Crippen LogP contribution in [-0.4, -0.2) is 15.9 Å². The molecule has 0 saturated heterocycles. The van der Waals surface area contributed by atoms with E-state index in [4.69, 9.17) is 12.2 Å². The summed E-state index contributed by atoms with van der Waals surface area (Å²) in [6.07, 6.45) is 2.85. The number of nitro groups is 1. The molecule has 1 aliphatic rings. The van der Waals surface area contributed by atoms with Crippen LogP contribution in [0.4, 0.5) is 10.7 Å². The second-order valence-corrected chi connectivity index (χ2v) is 7.90. The first-order chi connectivity index (χ1) is 12.9. The van der Waals surface area contributed by atoms with Crippen molar-refractivity contribution in [1.29, 1.82) is 5.26 Å². The van der Waals surface area contributed by atoms with Gasteiger partial charge in [-0.15, -0.1) is 11.3 Å². The van der Waals surface area contributed by atoms with Gasteiger partial charge < -0.3 is 5.32 Å². The molecule has 1 heterocycles. The Morgan fingerprint density at radius 2 is 2.26 bits per heavy atom. The van der Waals surface area contributed by atoms with E-state index in [1.165, 1.54) is 40.5 Å². The summed E-state index contributed by atoms with van der Waals surface area (Å²) in [6, 6.07) is 7.63. The van der Waals surface area contributed by atoms with E-state index in [0.29, 0.717) is 16.5 Å². The molecule has 1 atom stereocenters. The first-order valence-corrected chi connectivity index (χ1v) is 9.53. The Bertz CT molecular complexity index is 977. The number of carbonyl (C=O) groups excluding carboxylic acids is 1. The Balaban J connectivity index is 1.73. The van der Waals surface area contributed by atoms with E-state index in [1.54, 1.807) is 0 Å². The summed E-state index contributed by atoms with van der Waals surface area (Å²) in [7, 11) is 0. The molecular formula is C18H16N4O3S2. The van der Waals surface area contributed by atoms with E-state index in [9.17, 15) is 20.2 Å². The largest absolute Gasteiger partial charge is 0.323 e. The molecule has 0 unspecified atom stereocenters. The van der Waals surface area contributed by atoms with Crippen molar-refractivity contribution >= 4 is 45.3 Å². The number of hydrogen-bond donors (Lipinski definition) is 2. The van der Waals surface area contributed by atoms with Gasteiger partial charge in [-0.1, -0.05) is 13.0 Å². The molecule has 0 spiro atoms. The Morgan fingerprint density at radius 3 is 2.96 bits per heavy atom. The van der Waals surface area contributed by atoms with Crippen molar-refractivity contribution < 1.29 is 9.72 Å². The topological polar surface area (TPSA) is 108 Å². The minimum Gasteiger partial charge on any atom is -0.323 e. The molecule has 2 aromatic rings. The van der Waals surface area contributed by atoms with E-state index in [1.807, 2.05) is 0 Å². The first-order valence-electron chi connectivity index (χ1n) is 8.30. The van der Waals surface area contributed by atoms with Gasteiger partial charge >= 0.3 is 0 Å². The highest BCUT2D eigenvalue weighted by Gasteiger charge is 2.24. The van der Waals surface area contributed by atoms with Gasteiger partial charge in [0, 0.05) is 22.6 Å². The highest BCUT2D eigenvalue weighted by atomic mass is 32.1. The number of carbonyl (C=O) groups is 1. The van der Waals surface area contributed by atoms with Crippen LogP contribution >= 0.6 is 23.6 Å². The van der Waals surface area contributed by atoms with Crippen LogP contribution in [0, 0.1) is 27.4 Å². The maximum absolute atomic E-state index is 12.3. The van der Waals surface area contributed by atoms with Gasteiger partial charge in [0.2, 0.25) is 0 Å². The predicted octanol–water partition coefficient (Wildman–Crippen LogP) is 3.78. The van der Waals surface area contributed by atoms with Crippen molar-refractivity contribution in [2.24, 2.45) is 5.92 Å². The van der Waals surface area contributed by atoms with E-state index in [-0.39, 0.29) is 16.4 Å². The third kappa shape index (κ3) is 4.13. The number of rotatable bonds is 3. The Hall–Kier alpha value is -2.83. The zero-order valence-corrected chi connectivity index (χ0v) is 16.1. The summed E-state index contributed by atoms with van der Waals surface area (Å²) in [5.41, 5.74) is 1.60. The maximum Gasteiger partial charge on any atom is 0.270 e. The molecule has 0 saturated carbocycles. The van der Waals surface area contributed by atoms with Crippen LogP contribution in [0.25, 0.3) is 0 Å². The van der Waals surface area contributed by atoms with Gasteiger partial charge in [-0.25, -0.2) is 0 Å². The zero-order valence-electron chi connectivity index (χ0n) is 14.4. The van der Waals surface area contributed by atoms with Crippen molar-refractivity contribution in [2.75, 3.05) is 5.32 Å². The Morgan fingerprint density at radius 1 is 1.48 bits per heavy atom. The van der Waals surface area contributed by atoms with E-state index in [0.717, 1.165) is 24.8 Å².